The van der Waals surface area contributed by atoms with E-state index in [1.54, 1.807) is 0 Å². The molecule has 2 rings (SSSR count). The van der Waals surface area contributed by atoms with Crippen LogP contribution in [0.5, 0.6) is 0 Å². The molecule has 0 aliphatic rings. The number of hydrogen-bond acceptors (Lipinski definition) is 2. The molecule has 0 spiro atoms. The van der Waals surface area contributed by atoms with Crippen molar-refractivity contribution in [2.45, 2.75) is 6.42 Å². The van der Waals surface area contributed by atoms with E-state index in [2.05, 4.69) is 15.0 Å². The van der Waals surface area contributed by atoms with Crippen LogP contribution in [0.1, 0.15) is 5.69 Å². The molecule has 70 valence electrons. The molecule has 0 radical (unpaired) electrons. The van der Waals surface area contributed by atoms with Crippen molar-refractivity contribution in [3.8, 4) is 0 Å². The van der Waals surface area contributed by atoms with E-state index in [-0.39, 0.29) is 0 Å². The Morgan fingerprint density at radius 1 is 1.50 bits per heavy atom. The number of fused-ring (bicyclic) bond motifs is 1. The van der Waals surface area contributed by atoms with Crippen LogP contribution in [0.3, 0.4) is 0 Å². The third-order valence-corrected chi connectivity index (χ3v) is 1.95. The van der Waals surface area contributed by atoms with Gasteiger partial charge in [-0.05, 0) is 24.1 Å². The SMILES string of the molecule is [N-]=[N+]=NCCc1cn2ccccc2n1. The molecule has 0 saturated carbocycles. The Bertz CT molecular complexity index is 448. The summed E-state index contributed by atoms with van der Waals surface area (Å²) >= 11 is 0. The molecule has 0 saturated heterocycles. The molecule has 0 bridgehead atoms. The fourth-order valence-electron chi connectivity index (χ4n) is 1.32. The first-order chi connectivity index (χ1) is 6.90. The molecule has 0 aromatic carbocycles. The van der Waals surface area contributed by atoms with E-state index >= 15 is 0 Å². The third kappa shape index (κ3) is 1.67. The summed E-state index contributed by atoms with van der Waals surface area (Å²) in [5.74, 6) is 0. The maximum atomic E-state index is 8.12. The molecule has 2 aromatic heterocycles. The Kier molecular flexibility index (Phi) is 2.34. The summed E-state index contributed by atoms with van der Waals surface area (Å²) < 4.78 is 1.95. The molecule has 0 fully saturated rings. The average Bonchev–Trinajstić information content (AvgIpc) is 2.60. The van der Waals surface area contributed by atoms with Crippen molar-refractivity contribution >= 4 is 5.65 Å². The summed E-state index contributed by atoms with van der Waals surface area (Å²) in [6.45, 7) is 0.459. The molecule has 0 aliphatic carbocycles. The highest BCUT2D eigenvalue weighted by Gasteiger charge is 1.98. The summed E-state index contributed by atoms with van der Waals surface area (Å²) in [6.07, 6.45) is 4.58. The average molecular weight is 187 g/mol. The van der Waals surface area contributed by atoms with E-state index < -0.39 is 0 Å². The summed E-state index contributed by atoms with van der Waals surface area (Å²) in [5, 5.41) is 3.47. The Hall–Kier alpha value is -2.00. The zero-order valence-electron chi connectivity index (χ0n) is 7.54. The van der Waals surface area contributed by atoms with Gasteiger partial charge in [-0.25, -0.2) is 4.98 Å². The zero-order valence-corrected chi connectivity index (χ0v) is 7.54. The number of hydrogen-bond donors (Lipinski definition) is 0. The van der Waals surface area contributed by atoms with Gasteiger partial charge in [0.15, 0.2) is 0 Å². The van der Waals surface area contributed by atoms with Crippen LogP contribution in [0.25, 0.3) is 16.1 Å². The number of rotatable bonds is 3. The van der Waals surface area contributed by atoms with Gasteiger partial charge < -0.3 is 4.40 Å². The maximum absolute atomic E-state index is 8.12. The second-order valence-corrected chi connectivity index (χ2v) is 2.90. The first-order valence-corrected chi connectivity index (χ1v) is 4.33. The number of imidazole rings is 1. The molecule has 0 N–H and O–H groups in total. The molecule has 0 aliphatic heterocycles. The van der Waals surface area contributed by atoms with Crippen molar-refractivity contribution < 1.29 is 0 Å². The number of azide groups is 1. The molecule has 0 atom stereocenters. The minimum Gasteiger partial charge on any atom is -0.307 e. The summed E-state index contributed by atoms with van der Waals surface area (Å²) in [4.78, 5) is 7.06. The van der Waals surface area contributed by atoms with Crippen LogP contribution in [0.2, 0.25) is 0 Å². The first-order valence-electron chi connectivity index (χ1n) is 4.33. The van der Waals surface area contributed by atoms with Crippen LogP contribution in [0.4, 0.5) is 0 Å². The lowest BCUT2D eigenvalue weighted by molar-refractivity contribution is 0.927. The molecule has 5 nitrogen and oxygen atoms in total. The summed E-state index contributed by atoms with van der Waals surface area (Å²) in [7, 11) is 0. The topological polar surface area (TPSA) is 66.1 Å². The maximum Gasteiger partial charge on any atom is 0.136 e. The van der Waals surface area contributed by atoms with Crippen LogP contribution < -0.4 is 0 Å². The molecule has 0 unspecified atom stereocenters. The van der Waals surface area contributed by atoms with Crippen LogP contribution >= 0.6 is 0 Å². The van der Waals surface area contributed by atoms with Crippen LogP contribution in [0.15, 0.2) is 35.7 Å². The number of nitrogens with zero attached hydrogens (tertiary/aromatic N) is 5. The lowest BCUT2D eigenvalue weighted by atomic mass is 10.3. The van der Waals surface area contributed by atoms with E-state index in [0.29, 0.717) is 13.0 Å². The highest BCUT2D eigenvalue weighted by atomic mass is 15.1. The monoisotopic (exact) mass is 187 g/mol. The Morgan fingerprint density at radius 2 is 2.43 bits per heavy atom. The van der Waals surface area contributed by atoms with Crippen LogP contribution in [-0.2, 0) is 6.42 Å². The zero-order chi connectivity index (χ0) is 9.80. The predicted octanol–water partition coefficient (Wildman–Crippen LogP) is 2.19. The fourth-order valence-corrected chi connectivity index (χ4v) is 1.32. The van der Waals surface area contributed by atoms with Crippen molar-refractivity contribution in [1.29, 1.82) is 0 Å². The van der Waals surface area contributed by atoms with Gasteiger partial charge in [0.1, 0.15) is 5.65 Å². The van der Waals surface area contributed by atoms with E-state index in [4.69, 9.17) is 5.53 Å². The molecule has 2 heterocycles. The standard InChI is InChI=1S/C9H9N5/c10-13-11-5-4-8-7-14-6-2-1-3-9(14)12-8/h1-3,6-7H,4-5H2. The molecule has 5 heteroatoms. The smallest absolute Gasteiger partial charge is 0.136 e. The van der Waals surface area contributed by atoms with Crippen LogP contribution in [-0.4, -0.2) is 15.9 Å². The fraction of sp³-hybridized carbons (Fsp3) is 0.222. The van der Waals surface area contributed by atoms with Gasteiger partial charge in [-0.15, -0.1) is 0 Å². The Balaban J connectivity index is 2.22. The highest BCUT2D eigenvalue weighted by molar-refractivity contribution is 5.39. The highest BCUT2D eigenvalue weighted by Crippen LogP contribution is 2.04. The van der Waals surface area contributed by atoms with E-state index in [0.717, 1.165) is 11.3 Å². The molecule has 14 heavy (non-hydrogen) atoms. The van der Waals surface area contributed by atoms with Gasteiger partial charge in [0.05, 0.1) is 5.69 Å². The van der Waals surface area contributed by atoms with E-state index in [1.165, 1.54) is 0 Å². The van der Waals surface area contributed by atoms with Crippen molar-refractivity contribution in [2.24, 2.45) is 5.11 Å². The summed E-state index contributed by atoms with van der Waals surface area (Å²) in [6, 6.07) is 5.84. The van der Waals surface area contributed by atoms with Crippen molar-refractivity contribution in [2.75, 3.05) is 6.54 Å². The lowest BCUT2D eigenvalue weighted by Crippen LogP contribution is -1.87. The molecule has 2 aromatic rings. The predicted molar refractivity (Wildman–Crippen MR) is 52.9 cm³/mol. The second-order valence-electron chi connectivity index (χ2n) is 2.90. The molecular weight excluding hydrogens is 178 g/mol. The number of aromatic nitrogens is 2. The minimum atomic E-state index is 0.459. The number of pyridine rings is 1. The first kappa shape index (κ1) is 8.59. The summed E-state index contributed by atoms with van der Waals surface area (Å²) in [5.41, 5.74) is 9.98. The normalized spacial score (nSPS) is 10.0. The van der Waals surface area contributed by atoms with Crippen molar-refractivity contribution in [1.82, 2.24) is 9.38 Å². The van der Waals surface area contributed by atoms with E-state index in [9.17, 15) is 0 Å². The molecule has 0 amide bonds. The minimum absolute atomic E-state index is 0.459. The van der Waals surface area contributed by atoms with Gasteiger partial charge in [0.25, 0.3) is 0 Å². The lowest BCUT2D eigenvalue weighted by Gasteiger charge is -1.86. The Labute approximate surface area is 80.6 Å². The van der Waals surface area contributed by atoms with Gasteiger partial charge in [0.2, 0.25) is 0 Å². The third-order valence-electron chi connectivity index (χ3n) is 1.95. The molecular formula is C9H9N5. The van der Waals surface area contributed by atoms with Gasteiger partial charge in [0, 0.05) is 23.9 Å². The van der Waals surface area contributed by atoms with Crippen molar-refractivity contribution in [3.05, 3.63) is 46.7 Å². The quantitative estimate of drug-likeness (QED) is 0.412. The van der Waals surface area contributed by atoms with Gasteiger partial charge in [-0.2, -0.15) is 0 Å². The Morgan fingerprint density at radius 3 is 3.21 bits per heavy atom. The largest absolute Gasteiger partial charge is 0.307 e. The van der Waals surface area contributed by atoms with Gasteiger partial charge >= 0.3 is 0 Å². The van der Waals surface area contributed by atoms with Gasteiger partial charge in [-0.1, -0.05) is 11.2 Å². The van der Waals surface area contributed by atoms with Crippen LogP contribution in [0, 0.1) is 0 Å². The van der Waals surface area contributed by atoms with E-state index in [1.807, 2.05) is 35.0 Å². The van der Waals surface area contributed by atoms with Gasteiger partial charge in [-0.3, -0.25) is 0 Å². The van der Waals surface area contributed by atoms with Crippen molar-refractivity contribution in [3.63, 3.8) is 0 Å². The second kappa shape index (κ2) is 3.81.